The molecule has 136 valence electrons. The third-order valence-corrected chi connectivity index (χ3v) is 3.42. The van der Waals surface area contributed by atoms with Crippen LogP contribution in [0.15, 0.2) is 22.7 Å². The zero-order valence-electron chi connectivity index (χ0n) is 14.9. The molecule has 2 rings (SSSR count). The maximum Gasteiger partial charge on any atom is 0.259 e. The number of methoxy groups -OCH3 is 1. The average molecular weight is 351 g/mol. The molecule has 0 atom stereocenters. The summed E-state index contributed by atoms with van der Waals surface area (Å²) in [6.45, 7) is 3.22. The lowest BCUT2D eigenvalue weighted by Crippen LogP contribution is -2.38. The van der Waals surface area contributed by atoms with E-state index in [9.17, 15) is 14.3 Å². The van der Waals surface area contributed by atoms with Crippen LogP contribution in [-0.2, 0) is 0 Å². The quantitative estimate of drug-likeness (QED) is 0.828. The van der Waals surface area contributed by atoms with Gasteiger partial charge in [0.25, 0.3) is 5.91 Å². The Morgan fingerprint density at radius 1 is 1.44 bits per heavy atom. The van der Waals surface area contributed by atoms with Gasteiger partial charge in [-0.25, -0.2) is 4.39 Å². The molecule has 2 N–H and O–H groups in total. The number of carbonyl (C=O) groups is 1. The SMILES string of the molecule is COc1cc(-c2onc(N(C)C)c2C(=O)NCC(C)(C)O)ccc1F. The second kappa shape index (κ2) is 7.10. The smallest absolute Gasteiger partial charge is 0.259 e. The van der Waals surface area contributed by atoms with Crippen LogP contribution in [0.3, 0.4) is 0 Å². The third kappa shape index (κ3) is 4.27. The highest BCUT2D eigenvalue weighted by atomic mass is 19.1. The number of benzene rings is 1. The monoisotopic (exact) mass is 351 g/mol. The van der Waals surface area contributed by atoms with Gasteiger partial charge in [-0.2, -0.15) is 0 Å². The van der Waals surface area contributed by atoms with Crippen molar-refractivity contribution in [2.75, 3.05) is 32.6 Å². The predicted molar refractivity (Wildman–Crippen MR) is 91.4 cm³/mol. The molecule has 7 nitrogen and oxygen atoms in total. The molecule has 0 saturated heterocycles. The highest BCUT2D eigenvalue weighted by Gasteiger charge is 2.27. The predicted octanol–water partition coefficient (Wildman–Crippen LogP) is 2.06. The summed E-state index contributed by atoms with van der Waals surface area (Å²) in [4.78, 5) is 14.3. The van der Waals surface area contributed by atoms with Crippen molar-refractivity contribution in [3.05, 3.63) is 29.6 Å². The van der Waals surface area contributed by atoms with E-state index in [0.717, 1.165) is 0 Å². The van der Waals surface area contributed by atoms with Crippen LogP contribution in [0.2, 0.25) is 0 Å². The molecule has 0 bridgehead atoms. The van der Waals surface area contributed by atoms with Gasteiger partial charge in [0.1, 0.15) is 5.56 Å². The van der Waals surface area contributed by atoms with Gasteiger partial charge in [-0.15, -0.1) is 0 Å². The van der Waals surface area contributed by atoms with Crippen molar-refractivity contribution in [1.29, 1.82) is 0 Å². The standard InChI is InChI=1S/C17H22FN3O4/c1-17(2,23)9-19-16(22)13-14(25-20-15(13)21(3)4)10-6-7-11(18)12(8-10)24-5/h6-8,23H,9H2,1-5H3,(H,19,22). The highest BCUT2D eigenvalue weighted by Crippen LogP contribution is 2.33. The molecule has 25 heavy (non-hydrogen) atoms. The molecule has 1 aromatic carbocycles. The number of nitrogens with one attached hydrogen (secondary N) is 1. The lowest BCUT2D eigenvalue weighted by atomic mass is 10.1. The number of aromatic nitrogens is 1. The van der Waals surface area contributed by atoms with Gasteiger partial charge in [0.05, 0.1) is 12.7 Å². The molecule has 0 radical (unpaired) electrons. The molecule has 8 heteroatoms. The first kappa shape index (κ1) is 18.7. The molecule has 1 heterocycles. The zero-order chi connectivity index (χ0) is 18.8. The fraction of sp³-hybridized carbons (Fsp3) is 0.412. The van der Waals surface area contributed by atoms with E-state index in [2.05, 4.69) is 10.5 Å². The molecule has 1 aromatic heterocycles. The number of nitrogens with zero attached hydrogens (tertiary/aromatic N) is 2. The molecular weight excluding hydrogens is 329 g/mol. The molecule has 0 spiro atoms. The number of aliphatic hydroxyl groups is 1. The Morgan fingerprint density at radius 2 is 2.12 bits per heavy atom. The lowest BCUT2D eigenvalue weighted by molar-refractivity contribution is 0.0694. The van der Waals surface area contributed by atoms with Gasteiger partial charge < -0.3 is 24.6 Å². The van der Waals surface area contributed by atoms with Crippen LogP contribution in [0, 0.1) is 5.82 Å². The lowest BCUT2D eigenvalue weighted by Gasteiger charge is -2.18. The van der Waals surface area contributed by atoms with Gasteiger partial charge in [0, 0.05) is 26.2 Å². The number of hydrogen-bond donors (Lipinski definition) is 2. The van der Waals surface area contributed by atoms with E-state index in [0.29, 0.717) is 11.4 Å². The van der Waals surface area contributed by atoms with E-state index in [1.165, 1.54) is 25.3 Å². The number of rotatable bonds is 6. The van der Waals surface area contributed by atoms with Gasteiger partial charge in [-0.1, -0.05) is 5.16 Å². The van der Waals surface area contributed by atoms with Crippen molar-refractivity contribution in [2.24, 2.45) is 0 Å². The molecule has 0 aliphatic rings. The number of amides is 1. The summed E-state index contributed by atoms with van der Waals surface area (Å²) < 4.78 is 24.0. The average Bonchev–Trinajstić information content (AvgIpc) is 2.97. The first-order valence-corrected chi connectivity index (χ1v) is 7.65. The molecule has 0 saturated carbocycles. The Balaban J connectivity index is 2.47. The molecule has 1 amide bonds. The summed E-state index contributed by atoms with van der Waals surface area (Å²) in [6.07, 6.45) is 0. The number of halogens is 1. The van der Waals surface area contributed by atoms with Crippen molar-refractivity contribution in [1.82, 2.24) is 10.5 Å². The molecular formula is C17H22FN3O4. The van der Waals surface area contributed by atoms with Gasteiger partial charge in [-0.3, -0.25) is 4.79 Å². The molecule has 2 aromatic rings. The number of anilines is 1. The van der Waals surface area contributed by atoms with E-state index < -0.39 is 17.3 Å². The first-order chi connectivity index (χ1) is 11.6. The first-order valence-electron chi connectivity index (χ1n) is 7.65. The second-order valence-electron chi connectivity index (χ2n) is 6.45. The maximum atomic E-state index is 13.6. The summed E-state index contributed by atoms with van der Waals surface area (Å²) in [7, 11) is 4.80. The van der Waals surface area contributed by atoms with Crippen LogP contribution in [0.4, 0.5) is 10.2 Å². The highest BCUT2D eigenvalue weighted by molar-refractivity contribution is 6.04. The minimum atomic E-state index is -1.07. The van der Waals surface area contributed by atoms with Crippen LogP contribution in [0.5, 0.6) is 5.75 Å². The Hall–Kier alpha value is -2.61. The number of carbonyl (C=O) groups excluding carboxylic acids is 1. The Morgan fingerprint density at radius 3 is 2.68 bits per heavy atom. The van der Waals surface area contributed by atoms with Crippen LogP contribution in [0.1, 0.15) is 24.2 Å². The Kier molecular flexibility index (Phi) is 5.32. The van der Waals surface area contributed by atoms with E-state index in [-0.39, 0.29) is 23.6 Å². The minimum Gasteiger partial charge on any atom is -0.494 e. The summed E-state index contributed by atoms with van der Waals surface area (Å²) in [6, 6.07) is 4.14. The van der Waals surface area contributed by atoms with Gasteiger partial charge in [0.15, 0.2) is 23.1 Å². The molecule has 0 aliphatic heterocycles. The largest absolute Gasteiger partial charge is 0.494 e. The van der Waals surface area contributed by atoms with Gasteiger partial charge >= 0.3 is 0 Å². The maximum absolute atomic E-state index is 13.6. The van der Waals surface area contributed by atoms with E-state index in [1.54, 1.807) is 32.8 Å². The van der Waals surface area contributed by atoms with Crippen molar-refractivity contribution in [3.63, 3.8) is 0 Å². The fourth-order valence-corrected chi connectivity index (χ4v) is 2.17. The number of hydrogen-bond acceptors (Lipinski definition) is 6. The summed E-state index contributed by atoms with van der Waals surface area (Å²) in [5, 5.41) is 16.4. The third-order valence-electron chi connectivity index (χ3n) is 3.42. The summed E-state index contributed by atoms with van der Waals surface area (Å²) >= 11 is 0. The van der Waals surface area contributed by atoms with E-state index in [4.69, 9.17) is 9.26 Å². The van der Waals surface area contributed by atoms with Gasteiger partial charge in [0.2, 0.25) is 0 Å². The minimum absolute atomic E-state index is 0.0307. The molecule has 0 fully saturated rings. The van der Waals surface area contributed by atoms with E-state index in [1.807, 2.05) is 0 Å². The van der Waals surface area contributed by atoms with Crippen LogP contribution >= 0.6 is 0 Å². The zero-order valence-corrected chi connectivity index (χ0v) is 14.9. The van der Waals surface area contributed by atoms with E-state index >= 15 is 0 Å². The number of ether oxygens (including phenoxy) is 1. The second-order valence-corrected chi connectivity index (χ2v) is 6.45. The van der Waals surface area contributed by atoms with Crippen molar-refractivity contribution >= 4 is 11.7 Å². The molecule has 0 unspecified atom stereocenters. The molecule has 0 aliphatic carbocycles. The van der Waals surface area contributed by atoms with Crippen molar-refractivity contribution in [2.45, 2.75) is 19.4 Å². The fourth-order valence-electron chi connectivity index (χ4n) is 2.17. The van der Waals surface area contributed by atoms with Crippen LogP contribution in [0.25, 0.3) is 11.3 Å². The van der Waals surface area contributed by atoms with Gasteiger partial charge in [-0.05, 0) is 32.0 Å². The van der Waals surface area contributed by atoms with Crippen molar-refractivity contribution in [3.8, 4) is 17.1 Å². The van der Waals surface area contributed by atoms with Crippen LogP contribution < -0.4 is 15.0 Å². The van der Waals surface area contributed by atoms with Crippen LogP contribution in [-0.4, -0.2) is 49.5 Å². The topological polar surface area (TPSA) is 87.8 Å². The normalized spacial score (nSPS) is 11.3. The Labute approximate surface area is 145 Å². The Bertz CT molecular complexity index is 766. The summed E-state index contributed by atoms with van der Waals surface area (Å²) in [5.74, 6) is -0.429. The summed E-state index contributed by atoms with van der Waals surface area (Å²) in [5.41, 5.74) is -0.417. The van der Waals surface area contributed by atoms with Crippen molar-refractivity contribution < 1.29 is 23.6 Å².